The van der Waals surface area contributed by atoms with Gasteiger partial charge in [0, 0.05) is 4.83 Å². The molecule has 0 heterocycles. The lowest BCUT2D eigenvalue weighted by molar-refractivity contribution is 0.386. The highest BCUT2D eigenvalue weighted by molar-refractivity contribution is 9.09. The van der Waals surface area contributed by atoms with Crippen molar-refractivity contribution in [2.24, 2.45) is 11.3 Å². The largest absolute Gasteiger partial charge is 0.0881 e. The monoisotopic (exact) mass is 216 g/mol. The predicted octanol–water partition coefficient (Wildman–Crippen LogP) is 3.74. The van der Waals surface area contributed by atoms with Crippen molar-refractivity contribution in [1.29, 1.82) is 0 Å². The van der Waals surface area contributed by atoms with Crippen LogP contribution in [0.1, 0.15) is 45.4 Å². The third kappa shape index (κ3) is 1.26. The molecule has 2 fully saturated rings. The summed E-state index contributed by atoms with van der Waals surface area (Å²) in [4.78, 5) is 0.855. The average Bonchev–Trinajstić information content (AvgIpc) is 2.40. The standard InChI is InChI=1S/C10H17Br/c1-10-7-5-3-2-4-6-8(10)9(10)11/h8-9H,2-7H2,1H3/t8-,9?,10-/m0/s1. The van der Waals surface area contributed by atoms with Crippen LogP contribution in [0.5, 0.6) is 0 Å². The Hall–Kier alpha value is 0.480. The Bertz CT molecular complexity index is 155. The normalized spacial score (nSPS) is 50.7. The van der Waals surface area contributed by atoms with E-state index in [9.17, 15) is 0 Å². The van der Waals surface area contributed by atoms with Crippen LogP contribution in [0.3, 0.4) is 0 Å². The van der Waals surface area contributed by atoms with Crippen LogP contribution in [-0.4, -0.2) is 4.83 Å². The molecule has 0 aromatic rings. The minimum atomic E-state index is 0.695. The van der Waals surface area contributed by atoms with E-state index in [1.165, 1.54) is 38.5 Å². The first-order valence-electron chi connectivity index (χ1n) is 4.89. The van der Waals surface area contributed by atoms with Crippen LogP contribution < -0.4 is 0 Å². The molecule has 0 bridgehead atoms. The highest BCUT2D eigenvalue weighted by atomic mass is 79.9. The van der Waals surface area contributed by atoms with Crippen LogP contribution in [0.2, 0.25) is 0 Å². The molecule has 2 saturated carbocycles. The van der Waals surface area contributed by atoms with Gasteiger partial charge in [-0.2, -0.15) is 0 Å². The van der Waals surface area contributed by atoms with Gasteiger partial charge in [-0.05, 0) is 24.2 Å². The first-order valence-corrected chi connectivity index (χ1v) is 5.81. The van der Waals surface area contributed by atoms with Crippen molar-refractivity contribution in [3.05, 3.63) is 0 Å². The molecule has 1 unspecified atom stereocenters. The second-order valence-corrected chi connectivity index (χ2v) is 5.45. The van der Waals surface area contributed by atoms with E-state index in [1.807, 2.05) is 0 Å². The number of alkyl halides is 1. The number of fused-ring (bicyclic) bond motifs is 1. The molecule has 0 nitrogen and oxygen atoms in total. The van der Waals surface area contributed by atoms with Crippen LogP contribution in [0.15, 0.2) is 0 Å². The van der Waals surface area contributed by atoms with Crippen LogP contribution in [-0.2, 0) is 0 Å². The molecule has 2 aliphatic carbocycles. The molecule has 0 aromatic heterocycles. The van der Waals surface area contributed by atoms with Gasteiger partial charge in [-0.1, -0.05) is 48.5 Å². The number of hydrogen-bond acceptors (Lipinski definition) is 0. The molecule has 0 radical (unpaired) electrons. The van der Waals surface area contributed by atoms with E-state index in [0.717, 1.165) is 10.7 Å². The average molecular weight is 217 g/mol. The molecule has 0 saturated heterocycles. The predicted molar refractivity (Wildman–Crippen MR) is 52.0 cm³/mol. The number of hydrogen-bond donors (Lipinski definition) is 0. The van der Waals surface area contributed by atoms with E-state index in [1.54, 1.807) is 0 Å². The Morgan fingerprint density at radius 3 is 2.73 bits per heavy atom. The van der Waals surface area contributed by atoms with E-state index in [0.29, 0.717) is 5.41 Å². The summed E-state index contributed by atoms with van der Waals surface area (Å²) in [6, 6.07) is 0. The highest BCUT2D eigenvalue weighted by Gasteiger charge is 2.58. The Balaban J connectivity index is 1.98. The molecule has 3 atom stereocenters. The molecular weight excluding hydrogens is 200 g/mol. The fourth-order valence-corrected chi connectivity index (χ4v) is 3.91. The zero-order chi connectivity index (χ0) is 7.90. The van der Waals surface area contributed by atoms with E-state index < -0.39 is 0 Å². The summed E-state index contributed by atoms with van der Waals surface area (Å²) >= 11 is 3.80. The van der Waals surface area contributed by atoms with Gasteiger partial charge in [0.05, 0.1) is 0 Å². The van der Waals surface area contributed by atoms with Crippen molar-refractivity contribution in [1.82, 2.24) is 0 Å². The maximum Gasteiger partial charge on any atom is 0.0236 e. The molecule has 0 spiro atoms. The minimum Gasteiger partial charge on any atom is -0.0881 e. The maximum atomic E-state index is 3.80. The summed E-state index contributed by atoms with van der Waals surface area (Å²) in [5.74, 6) is 1.02. The Labute approximate surface area is 77.9 Å². The zero-order valence-electron chi connectivity index (χ0n) is 7.28. The van der Waals surface area contributed by atoms with Crippen LogP contribution in [0.25, 0.3) is 0 Å². The van der Waals surface area contributed by atoms with Gasteiger partial charge < -0.3 is 0 Å². The van der Waals surface area contributed by atoms with Gasteiger partial charge in [0.1, 0.15) is 0 Å². The molecular formula is C10H17Br. The van der Waals surface area contributed by atoms with Gasteiger partial charge in [-0.25, -0.2) is 0 Å². The van der Waals surface area contributed by atoms with Gasteiger partial charge in [0.25, 0.3) is 0 Å². The second kappa shape index (κ2) is 2.76. The van der Waals surface area contributed by atoms with Crippen molar-refractivity contribution >= 4 is 15.9 Å². The summed E-state index contributed by atoms with van der Waals surface area (Å²) in [7, 11) is 0. The Kier molecular flexibility index (Phi) is 2.03. The highest BCUT2D eigenvalue weighted by Crippen LogP contribution is 2.63. The molecule has 0 amide bonds. The molecule has 1 heteroatoms. The van der Waals surface area contributed by atoms with Gasteiger partial charge >= 0.3 is 0 Å². The topological polar surface area (TPSA) is 0 Å². The summed E-state index contributed by atoms with van der Waals surface area (Å²) in [6.07, 6.45) is 8.84. The molecule has 64 valence electrons. The molecule has 0 aliphatic heterocycles. The van der Waals surface area contributed by atoms with Crippen molar-refractivity contribution in [2.75, 3.05) is 0 Å². The fourth-order valence-electron chi connectivity index (χ4n) is 2.62. The first-order chi connectivity index (χ1) is 5.25. The van der Waals surface area contributed by atoms with E-state index in [2.05, 4.69) is 22.9 Å². The molecule has 2 aliphatic rings. The number of rotatable bonds is 0. The number of halogens is 1. The van der Waals surface area contributed by atoms with Crippen LogP contribution in [0, 0.1) is 11.3 Å². The minimum absolute atomic E-state index is 0.695. The van der Waals surface area contributed by atoms with E-state index in [4.69, 9.17) is 0 Å². The SMILES string of the molecule is C[C@]12CCCCCC[C@H]1C2Br. The third-order valence-corrected chi connectivity index (χ3v) is 5.39. The molecule has 2 rings (SSSR count). The lowest BCUT2D eigenvalue weighted by atomic mass is 9.92. The summed E-state index contributed by atoms with van der Waals surface area (Å²) in [6.45, 7) is 2.46. The molecule has 11 heavy (non-hydrogen) atoms. The van der Waals surface area contributed by atoms with Crippen LogP contribution in [0.4, 0.5) is 0 Å². The lowest BCUT2D eigenvalue weighted by Gasteiger charge is -2.13. The summed E-state index contributed by atoms with van der Waals surface area (Å²) in [5.41, 5.74) is 0.695. The van der Waals surface area contributed by atoms with Crippen LogP contribution >= 0.6 is 15.9 Å². The van der Waals surface area contributed by atoms with E-state index in [-0.39, 0.29) is 0 Å². The third-order valence-electron chi connectivity index (χ3n) is 3.70. The van der Waals surface area contributed by atoms with Gasteiger partial charge in [-0.3, -0.25) is 0 Å². The van der Waals surface area contributed by atoms with Gasteiger partial charge in [-0.15, -0.1) is 0 Å². The fraction of sp³-hybridized carbons (Fsp3) is 1.00. The van der Waals surface area contributed by atoms with Crippen molar-refractivity contribution in [3.63, 3.8) is 0 Å². The first kappa shape index (κ1) is 8.10. The molecule has 0 N–H and O–H groups in total. The lowest BCUT2D eigenvalue weighted by Crippen LogP contribution is -2.02. The van der Waals surface area contributed by atoms with E-state index >= 15 is 0 Å². The quantitative estimate of drug-likeness (QED) is 0.542. The zero-order valence-corrected chi connectivity index (χ0v) is 8.86. The Morgan fingerprint density at radius 2 is 1.91 bits per heavy atom. The van der Waals surface area contributed by atoms with Gasteiger partial charge in [0.2, 0.25) is 0 Å². The summed E-state index contributed by atoms with van der Waals surface area (Å²) in [5, 5.41) is 0. The van der Waals surface area contributed by atoms with Crippen molar-refractivity contribution < 1.29 is 0 Å². The molecule has 0 aromatic carbocycles. The van der Waals surface area contributed by atoms with Crippen molar-refractivity contribution in [2.45, 2.75) is 50.3 Å². The van der Waals surface area contributed by atoms with Gasteiger partial charge in [0.15, 0.2) is 0 Å². The second-order valence-electron chi connectivity index (χ2n) is 4.47. The smallest absolute Gasteiger partial charge is 0.0236 e. The summed E-state index contributed by atoms with van der Waals surface area (Å²) < 4.78 is 0. The Morgan fingerprint density at radius 1 is 1.18 bits per heavy atom. The van der Waals surface area contributed by atoms with Crippen molar-refractivity contribution in [3.8, 4) is 0 Å². The maximum absolute atomic E-state index is 3.80.